The summed E-state index contributed by atoms with van der Waals surface area (Å²) in [4.78, 5) is 0. The molecule has 2 aromatic carbocycles. The topological polar surface area (TPSA) is 18.5 Å². The van der Waals surface area contributed by atoms with Crippen molar-refractivity contribution in [2.75, 3.05) is 13.7 Å². The minimum Gasteiger partial charge on any atom is -0.497 e. The largest absolute Gasteiger partial charge is 0.497 e. The summed E-state index contributed by atoms with van der Waals surface area (Å²) >= 11 is 0. The fraction of sp³-hybridized carbons (Fsp3) is 0.250. The monoisotopic (exact) mass is 240 g/mol. The zero-order valence-corrected chi connectivity index (χ0v) is 10.5. The Morgan fingerprint density at radius 3 is 2.72 bits per heavy atom. The van der Waals surface area contributed by atoms with Gasteiger partial charge >= 0.3 is 0 Å². The van der Waals surface area contributed by atoms with Gasteiger partial charge in [0, 0.05) is 12.0 Å². The van der Waals surface area contributed by atoms with E-state index in [4.69, 9.17) is 9.47 Å². The molecule has 0 saturated heterocycles. The molecule has 0 aliphatic carbocycles. The maximum Gasteiger partial charge on any atom is 0.122 e. The molecule has 1 heterocycles. The molecule has 0 N–H and O–H groups in total. The van der Waals surface area contributed by atoms with Gasteiger partial charge < -0.3 is 9.47 Å². The number of fused-ring (bicyclic) bond motifs is 1. The summed E-state index contributed by atoms with van der Waals surface area (Å²) in [6, 6.07) is 14.6. The zero-order valence-electron chi connectivity index (χ0n) is 10.5. The lowest BCUT2D eigenvalue weighted by Crippen LogP contribution is -1.93. The smallest absolute Gasteiger partial charge is 0.122 e. The van der Waals surface area contributed by atoms with E-state index in [9.17, 15) is 0 Å². The molecular formula is C16H16O2. The molecular weight excluding hydrogens is 224 g/mol. The van der Waals surface area contributed by atoms with Gasteiger partial charge in [0.25, 0.3) is 0 Å². The van der Waals surface area contributed by atoms with Crippen LogP contribution in [0.1, 0.15) is 16.7 Å². The second-order valence-corrected chi connectivity index (χ2v) is 4.52. The van der Waals surface area contributed by atoms with Crippen molar-refractivity contribution >= 4 is 0 Å². The first kappa shape index (κ1) is 11.1. The summed E-state index contributed by atoms with van der Waals surface area (Å²) in [5, 5.41) is 0. The van der Waals surface area contributed by atoms with Gasteiger partial charge in [-0.25, -0.2) is 0 Å². The van der Waals surface area contributed by atoms with Crippen molar-refractivity contribution in [3.8, 4) is 11.5 Å². The summed E-state index contributed by atoms with van der Waals surface area (Å²) in [6.45, 7) is 0.814. The highest BCUT2D eigenvalue weighted by Crippen LogP contribution is 2.29. The highest BCUT2D eigenvalue weighted by atomic mass is 16.5. The van der Waals surface area contributed by atoms with Gasteiger partial charge in [-0.2, -0.15) is 0 Å². The molecule has 0 spiro atoms. The van der Waals surface area contributed by atoms with Gasteiger partial charge in [0.1, 0.15) is 11.5 Å². The predicted octanol–water partition coefficient (Wildman–Crippen LogP) is 3.22. The molecule has 0 unspecified atom stereocenters. The second kappa shape index (κ2) is 4.73. The van der Waals surface area contributed by atoms with Crippen LogP contribution in [0.2, 0.25) is 0 Å². The van der Waals surface area contributed by atoms with Crippen molar-refractivity contribution in [2.45, 2.75) is 12.8 Å². The Hall–Kier alpha value is -1.96. The van der Waals surface area contributed by atoms with Gasteiger partial charge in [-0.05, 0) is 35.7 Å². The minimum absolute atomic E-state index is 0.814. The molecule has 0 aromatic heterocycles. The highest BCUT2D eigenvalue weighted by Gasteiger charge is 2.15. The normalized spacial score (nSPS) is 12.9. The quantitative estimate of drug-likeness (QED) is 0.820. The number of benzene rings is 2. The van der Waals surface area contributed by atoms with Crippen LogP contribution in [0.15, 0.2) is 42.5 Å². The number of hydrogen-bond acceptors (Lipinski definition) is 2. The molecule has 0 amide bonds. The van der Waals surface area contributed by atoms with Crippen LogP contribution in [-0.2, 0) is 12.8 Å². The Balaban J connectivity index is 1.86. The number of hydrogen-bond donors (Lipinski definition) is 0. The van der Waals surface area contributed by atoms with E-state index in [1.807, 2.05) is 12.1 Å². The van der Waals surface area contributed by atoms with Gasteiger partial charge in [0.2, 0.25) is 0 Å². The number of methoxy groups -OCH3 is 1. The predicted molar refractivity (Wildman–Crippen MR) is 71.4 cm³/mol. The standard InChI is InChI=1S/C16H16O2/c1-17-14-7-5-12(6-8-14)11-13-3-2-4-16-15(13)9-10-18-16/h2-8H,9-11H2,1H3. The van der Waals surface area contributed by atoms with E-state index in [1.54, 1.807) is 7.11 Å². The third-order valence-electron chi connectivity index (χ3n) is 3.39. The van der Waals surface area contributed by atoms with Crippen molar-refractivity contribution in [2.24, 2.45) is 0 Å². The Labute approximate surface area is 107 Å². The van der Waals surface area contributed by atoms with Crippen LogP contribution in [0.5, 0.6) is 11.5 Å². The van der Waals surface area contributed by atoms with Crippen LogP contribution in [-0.4, -0.2) is 13.7 Å². The van der Waals surface area contributed by atoms with Crippen LogP contribution in [0, 0.1) is 0 Å². The molecule has 18 heavy (non-hydrogen) atoms. The van der Waals surface area contributed by atoms with Gasteiger partial charge in [0.05, 0.1) is 13.7 Å². The minimum atomic E-state index is 0.814. The third kappa shape index (κ3) is 2.06. The Morgan fingerprint density at radius 2 is 1.94 bits per heavy atom. The van der Waals surface area contributed by atoms with E-state index >= 15 is 0 Å². The van der Waals surface area contributed by atoms with Crippen molar-refractivity contribution in [1.82, 2.24) is 0 Å². The van der Waals surface area contributed by atoms with Gasteiger partial charge in [-0.15, -0.1) is 0 Å². The molecule has 2 heteroatoms. The van der Waals surface area contributed by atoms with Gasteiger partial charge in [-0.1, -0.05) is 24.3 Å². The second-order valence-electron chi connectivity index (χ2n) is 4.52. The first-order valence-electron chi connectivity index (χ1n) is 6.23. The zero-order chi connectivity index (χ0) is 12.4. The van der Waals surface area contributed by atoms with E-state index in [0.717, 1.165) is 30.9 Å². The molecule has 0 radical (unpaired) electrons. The molecule has 0 fully saturated rings. The first-order chi connectivity index (χ1) is 8.86. The average Bonchev–Trinajstić information content (AvgIpc) is 2.89. The van der Waals surface area contributed by atoms with Crippen molar-refractivity contribution < 1.29 is 9.47 Å². The molecule has 0 bridgehead atoms. The molecule has 0 atom stereocenters. The third-order valence-corrected chi connectivity index (χ3v) is 3.39. The van der Waals surface area contributed by atoms with E-state index in [0.29, 0.717) is 0 Å². The van der Waals surface area contributed by atoms with E-state index in [-0.39, 0.29) is 0 Å². The van der Waals surface area contributed by atoms with Crippen LogP contribution in [0.4, 0.5) is 0 Å². The molecule has 2 aromatic rings. The van der Waals surface area contributed by atoms with Crippen molar-refractivity contribution in [3.63, 3.8) is 0 Å². The lowest BCUT2D eigenvalue weighted by atomic mass is 9.98. The summed E-state index contributed by atoms with van der Waals surface area (Å²) in [5.41, 5.74) is 4.04. The number of ether oxygens (including phenoxy) is 2. The molecule has 92 valence electrons. The Kier molecular flexibility index (Phi) is 2.93. The van der Waals surface area contributed by atoms with Crippen molar-refractivity contribution in [1.29, 1.82) is 0 Å². The van der Waals surface area contributed by atoms with E-state index < -0.39 is 0 Å². The summed E-state index contributed by atoms with van der Waals surface area (Å²) < 4.78 is 10.8. The van der Waals surface area contributed by atoms with Crippen LogP contribution >= 0.6 is 0 Å². The van der Waals surface area contributed by atoms with Gasteiger partial charge in [0.15, 0.2) is 0 Å². The fourth-order valence-electron chi connectivity index (χ4n) is 2.42. The fourth-order valence-corrected chi connectivity index (χ4v) is 2.42. The molecule has 2 nitrogen and oxygen atoms in total. The molecule has 1 aliphatic heterocycles. The van der Waals surface area contributed by atoms with Crippen molar-refractivity contribution in [3.05, 3.63) is 59.2 Å². The highest BCUT2D eigenvalue weighted by molar-refractivity contribution is 5.45. The maximum absolute atomic E-state index is 5.59. The molecule has 0 saturated carbocycles. The van der Waals surface area contributed by atoms with E-state index in [1.165, 1.54) is 16.7 Å². The molecule has 1 aliphatic rings. The Morgan fingerprint density at radius 1 is 1.11 bits per heavy atom. The SMILES string of the molecule is COc1ccc(Cc2cccc3c2CCO3)cc1. The van der Waals surface area contributed by atoms with Crippen LogP contribution in [0.25, 0.3) is 0 Å². The maximum atomic E-state index is 5.59. The summed E-state index contributed by atoms with van der Waals surface area (Å²) in [5.74, 6) is 1.96. The Bertz CT molecular complexity index is 544. The lowest BCUT2D eigenvalue weighted by molar-refractivity contribution is 0.357. The van der Waals surface area contributed by atoms with Crippen LogP contribution in [0.3, 0.4) is 0 Å². The summed E-state index contributed by atoms with van der Waals surface area (Å²) in [6.07, 6.45) is 1.98. The average molecular weight is 240 g/mol. The van der Waals surface area contributed by atoms with Gasteiger partial charge in [-0.3, -0.25) is 0 Å². The first-order valence-corrected chi connectivity index (χ1v) is 6.23. The van der Waals surface area contributed by atoms with Crippen LogP contribution < -0.4 is 9.47 Å². The summed E-state index contributed by atoms with van der Waals surface area (Å²) in [7, 11) is 1.69. The van der Waals surface area contributed by atoms with E-state index in [2.05, 4.69) is 30.3 Å². The number of rotatable bonds is 3. The lowest BCUT2D eigenvalue weighted by Gasteiger charge is -2.07. The molecule has 3 rings (SSSR count).